The number of carbonyl (C=O) groups excluding carboxylic acids is 2. The van der Waals surface area contributed by atoms with Crippen LogP contribution in [-0.4, -0.2) is 43.7 Å². The van der Waals surface area contributed by atoms with E-state index in [1.54, 1.807) is 6.92 Å². The van der Waals surface area contributed by atoms with E-state index < -0.39 is 5.41 Å². The maximum Gasteiger partial charge on any atom is 0.239 e. The van der Waals surface area contributed by atoms with Crippen LogP contribution in [0.5, 0.6) is 0 Å². The lowest BCUT2D eigenvalue weighted by molar-refractivity contribution is -0.133. The van der Waals surface area contributed by atoms with Crippen LogP contribution in [0.15, 0.2) is 0 Å². The predicted octanol–water partition coefficient (Wildman–Crippen LogP) is -1.25. The first-order chi connectivity index (χ1) is 8.02. The smallest absolute Gasteiger partial charge is 0.239 e. The standard InChI is InChI=1S/C11H19N3O3/c1-11(6-17-5-8(11)12)10(16)13-4-9(15)14-7-2-3-7/h7-8H,2-6,12H2,1H3,(H,13,16)(H,14,15). The quantitative estimate of drug-likeness (QED) is 0.573. The molecule has 0 aromatic rings. The Hall–Kier alpha value is -1.14. The molecule has 4 N–H and O–H groups in total. The number of nitrogens with one attached hydrogen (secondary N) is 2. The molecule has 17 heavy (non-hydrogen) atoms. The van der Waals surface area contributed by atoms with Crippen LogP contribution >= 0.6 is 0 Å². The molecule has 2 atom stereocenters. The highest BCUT2D eigenvalue weighted by atomic mass is 16.5. The lowest BCUT2D eigenvalue weighted by Crippen LogP contribution is -2.51. The van der Waals surface area contributed by atoms with E-state index in [2.05, 4.69) is 10.6 Å². The molecule has 0 aromatic heterocycles. The van der Waals surface area contributed by atoms with Gasteiger partial charge in [0.05, 0.1) is 25.2 Å². The summed E-state index contributed by atoms with van der Waals surface area (Å²) in [4.78, 5) is 23.3. The molecule has 1 saturated heterocycles. The molecule has 6 heteroatoms. The lowest BCUT2D eigenvalue weighted by Gasteiger charge is -2.25. The third-order valence-electron chi connectivity index (χ3n) is 3.39. The second kappa shape index (κ2) is 4.62. The van der Waals surface area contributed by atoms with E-state index in [0.29, 0.717) is 19.3 Å². The Kier molecular flexibility index (Phi) is 3.35. The van der Waals surface area contributed by atoms with E-state index in [0.717, 1.165) is 12.8 Å². The SMILES string of the molecule is CC1(C(=O)NCC(=O)NC2CC2)COCC1N. The third kappa shape index (κ3) is 2.76. The van der Waals surface area contributed by atoms with Gasteiger partial charge in [-0.3, -0.25) is 9.59 Å². The Labute approximate surface area is 100 Å². The van der Waals surface area contributed by atoms with Gasteiger partial charge in [-0.15, -0.1) is 0 Å². The number of hydrogen-bond donors (Lipinski definition) is 3. The van der Waals surface area contributed by atoms with Crippen molar-refractivity contribution in [2.75, 3.05) is 19.8 Å². The van der Waals surface area contributed by atoms with Gasteiger partial charge >= 0.3 is 0 Å². The molecule has 2 aliphatic rings. The summed E-state index contributed by atoms with van der Waals surface area (Å²) in [6.45, 7) is 2.47. The highest BCUT2D eigenvalue weighted by Gasteiger charge is 2.44. The largest absolute Gasteiger partial charge is 0.379 e. The minimum atomic E-state index is -0.722. The normalized spacial score (nSPS) is 32.2. The average Bonchev–Trinajstić information content (AvgIpc) is 3.02. The van der Waals surface area contributed by atoms with Gasteiger partial charge < -0.3 is 21.1 Å². The molecule has 1 aliphatic carbocycles. The summed E-state index contributed by atoms with van der Waals surface area (Å²) < 4.78 is 5.19. The zero-order valence-corrected chi connectivity index (χ0v) is 9.99. The predicted molar refractivity (Wildman–Crippen MR) is 61.1 cm³/mol. The van der Waals surface area contributed by atoms with Crippen LogP contribution in [0.3, 0.4) is 0 Å². The highest BCUT2D eigenvalue weighted by Crippen LogP contribution is 2.26. The van der Waals surface area contributed by atoms with Gasteiger partial charge in [-0.25, -0.2) is 0 Å². The Morgan fingerprint density at radius 1 is 1.47 bits per heavy atom. The van der Waals surface area contributed by atoms with Gasteiger partial charge in [0.2, 0.25) is 11.8 Å². The molecular formula is C11H19N3O3. The first-order valence-corrected chi connectivity index (χ1v) is 5.93. The number of carbonyl (C=O) groups is 2. The molecule has 2 unspecified atom stereocenters. The molecule has 2 rings (SSSR count). The molecule has 0 radical (unpaired) electrons. The van der Waals surface area contributed by atoms with Crippen molar-refractivity contribution in [2.45, 2.75) is 31.8 Å². The van der Waals surface area contributed by atoms with Crippen LogP contribution in [0, 0.1) is 5.41 Å². The molecule has 1 aliphatic heterocycles. The fourth-order valence-electron chi connectivity index (χ4n) is 1.79. The Morgan fingerprint density at radius 2 is 2.18 bits per heavy atom. The van der Waals surface area contributed by atoms with Crippen molar-refractivity contribution in [3.8, 4) is 0 Å². The van der Waals surface area contributed by atoms with Gasteiger partial charge in [-0.1, -0.05) is 0 Å². The summed E-state index contributed by atoms with van der Waals surface area (Å²) in [6, 6.07) is 0.000975. The first-order valence-electron chi connectivity index (χ1n) is 5.93. The van der Waals surface area contributed by atoms with E-state index in [1.807, 2.05) is 0 Å². The van der Waals surface area contributed by atoms with Gasteiger partial charge in [-0.05, 0) is 19.8 Å². The van der Waals surface area contributed by atoms with E-state index in [9.17, 15) is 9.59 Å². The zero-order valence-electron chi connectivity index (χ0n) is 9.99. The van der Waals surface area contributed by atoms with Gasteiger partial charge in [0.25, 0.3) is 0 Å². The molecule has 6 nitrogen and oxygen atoms in total. The summed E-state index contributed by atoms with van der Waals surface area (Å²) in [5, 5.41) is 5.42. The van der Waals surface area contributed by atoms with Crippen molar-refractivity contribution >= 4 is 11.8 Å². The van der Waals surface area contributed by atoms with Crippen LogP contribution < -0.4 is 16.4 Å². The number of hydrogen-bond acceptors (Lipinski definition) is 4. The minimum absolute atomic E-state index is 0.0116. The van der Waals surface area contributed by atoms with Crippen molar-refractivity contribution in [1.29, 1.82) is 0 Å². The van der Waals surface area contributed by atoms with Gasteiger partial charge in [-0.2, -0.15) is 0 Å². The zero-order chi connectivity index (χ0) is 12.5. The molecule has 0 bridgehead atoms. The summed E-state index contributed by atoms with van der Waals surface area (Å²) in [5.41, 5.74) is 5.10. The van der Waals surface area contributed by atoms with E-state index in [4.69, 9.17) is 10.5 Å². The molecule has 1 saturated carbocycles. The van der Waals surface area contributed by atoms with Gasteiger partial charge in [0, 0.05) is 12.1 Å². The molecule has 1 heterocycles. The Bertz CT molecular complexity index is 330. The molecular weight excluding hydrogens is 222 g/mol. The van der Waals surface area contributed by atoms with Crippen molar-refractivity contribution < 1.29 is 14.3 Å². The van der Waals surface area contributed by atoms with Gasteiger partial charge in [0.15, 0.2) is 0 Å². The van der Waals surface area contributed by atoms with E-state index >= 15 is 0 Å². The number of nitrogens with two attached hydrogens (primary N) is 1. The fraction of sp³-hybridized carbons (Fsp3) is 0.818. The second-order valence-corrected chi connectivity index (χ2v) is 5.06. The summed E-state index contributed by atoms with van der Waals surface area (Å²) in [6.07, 6.45) is 2.08. The van der Waals surface area contributed by atoms with Crippen molar-refractivity contribution in [3.05, 3.63) is 0 Å². The van der Waals surface area contributed by atoms with Crippen molar-refractivity contribution in [1.82, 2.24) is 10.6 Å². The second-order valence-electron chi connectivity index (χ2n) is 5.06. The first kappa shape index (κ1) is 12.3. The highest BCUT2D eigenvalue weighted by molar-refractivity contribution is 5.88. The summed E-state index contributed by atoms with van der Waals surface area (Å²) in [7, 11) is 0. The van der Waals surface area contributed by atoms with Crippen LogP contribution in [-0.2, 0) is 14.3 Å². The maximum atomic E-state index is 11.9. The monoisotopic (exact) mass is 241 g/mol. The fourth-order valence-corrected chi connectivity index (χ4v) is 1.79. The van der Waals surface area contributed by atoms with E-state index in [-0.39, 0.29) is 24.4 Å². The van der Waals surface area contributed by atoms with Crippen LogP contribution in [0.2, 0.25) is 0 Å². The van der Waals surface area contributed by atoms with Crippen molar-refractivity contribution in [2.24, 2.45) is 11.1 Å². The third-order valence-corrected chi connectivity index (χ3v) is 3.39. The Morgan fingerprint density at radius 3 is 2.71 bits per heavy atom. The summed E-state index contributed by atoms with van der Waals surface area (Å²) >= 11 is 0. The van der Waals surface area contributed by atoms with E-state index in [1.165, 1.54) is 0 Å². The number of rotatable bonds is 4. The topological polar surface area (TPSA) is 93.5 Å². The van der Waals surface area contributed by atoms with Crippen LogP contribution in [0.25, 0.3) is 0 Å². The number of ether oxygens (including phenoxy) is 1. The van der Waals surface area contributed by atoms with Gasteiger partial charge in [0.1, 0.15) is 0 Å². The lowest BCUT2D eigenvalue weighted by atomic mass is 9.85. The number of amides is 2. The molecule has 96 valence electrons. The molecule has 0 spiro atoms. The summed E-state index contributed by atoms with van der Waals surface area (Å²) in [5.74, 6) is -0.356. The van der Waals surface area contributed by atoms with Crippen LogP contribution in [0.4, 0.5) is 0 Å². The molecule has 2 fully saturated rings. The molecule has 0 aromatic carbocycles. The van der Waals surface area contributed by atoms with Crippen molar-refractivity contribution in [3.63, 3.8) is 0 Å². The molecule has 2 amide bonds. The minimum Gasteiger partial charge on any atom is -0.379 e. The van der Waals surface area contributed by atoms with Crippen LogP contribution in [0.1, 0.15) is 19.8 Å². The maximum absolute atomic E-state index is 11.9. The Balaban J connectivity index is 1.77. The average molecular weight is 241 g/mol.